The molecule has 19 heavy (non-hydrogen) atoms. The maximum atomic E-state index is 13.9. The van der Waals surface area contributed by atoms with Crippen molar-refractivity contribution < 1.29 is 9.13 Å². The number of nitrogens with zero attached hydrogens (tertiary/aromatic N) is 2. The van der Waals surface area contributed by atoms with E-state index in [0.717, 1.165) is 11.1 Å². The number of rotatable bonds is 1. The molecule has 2 aromatic rings. The van der Waals surface area contributed by atoms with Crippen molar-refractivity contribution in [2.24, 2.45) is 0 Å². The second kappa shape index (κ2) is 4.63. The maximum absolute atomic E-state index is 13.9. The molecule has 0 saturated heterocycles. The van der Waals surface area contributed by atoms with Gasteiger partial charge in [0.15, 0.2) is 0 Å². The minimum atomic E-state index is -0.281. The Morgan fingerprint density at radius 2 is 2.21 bits per heavy atom. The Balaban J connectivity index is 2.19. The van der Waals surface area contributed by atoms with Crippen LogP contribution in [-0.4, -0.2) is 4.98 Å². The van der Waals surface area contributed by atoms with Crippen LogP contribution in [0.15, 0.2) is 24.4 Å². The summed E-state index contributed by atoms with van der Waals surface area (Å²) in [7, 11) is 0. The van der Waals surface area contributed by atoms with E-state index >= 15 is 0 Å². The standard InChI is InChI=1S/C14H8BrFN2O/c15-4-8-2-14-11(3-13(8)16)12-6-18-10(5-17)1-9(12)7-19-14/h1-3,6H,4,7H2. The minimum Gasteiger partial charge on any atom is -0.488 e. The van der Waals surface area contributed by atoms with Gasteiger partial charge in [-0.1, -0.05) is 15.9 Å². The monoisotopic (exact) mass is 318 g/mol. The van der Waals surface area contributed by atoms with Crippen molar-refractivity contribution in [3.8, 4) is 22.9 Å². The molecule has 1 aliphatic rings. The van der Waals surface area contributed by atoms with Gasteiger partial charge in [0.25, 0.3) is 0 Å². The van der Waals surface area contributed by atoms with Crippen LogP contribution in [0.5, 0.6) is 5.75 Å². The summed E-state index contributed by atoms with van der Waals surface area (Å²) in [4.78, 5) is 4.03. The summed E-state index contributed by atoms with van der Waals surface area (Å²) in [6, 6.07) is 6.81. The molecule has 1 aromatic heterocycles. The number of pyridine rings is 1. The lowest BCUT2D eigenvalue weighted by atomic mass is 9.97. The Labute approximate surface area is 117 Å². The van der Waals surface area contributed by atoms with Gasteiger partial charge in [-0.05, 0) is 18.2 Å². The zero-order valence-electron chi connectivity index (χ0n) is 9.78. The highest BCUT2D eigenvalue weighted by atomic mass is 79.9. The van der Waals surface area contributed by atoms with E-state index in [1.807, 2.05) is 6.07 Å². The lowest BCUT2D eigenvalue weighted by Gasteiger charge is -2.21. The largest absolute Gasteiger partial charge is 0.488 e. The van der Waals surface area contributed by atoms with Gasteiger partial charge in [0.05, 0.1) is 0 Å². The van der Waals surface area contributed by atoms with Gasteiger partial charge in [-0.15, -0.1) is 0 Å². The van der Waals surface area contributed by atoms with E-state index in [9.17, 15) is 4.39 Å². The van der Waals surface area contributed by atoms with Gasteiger partial charge >= 0.3 is 0 Å². The third-order valence-electron chi connectivity index (χ3n) is 3.07. The van der Waals surface area contributed by atoms with Crippen molar-refractivity contribution in [3.05, 3.63) is 47.0 Å². The molecule has 1 aromatic carbocycles. The highest BCUT2D eigenvalue weighted by Gasteiger charge is 2.20. The van der Waals surface area contributed by atoms with Crippen molar-refractivity contribution in [2.45, 2.75) is 11.9 Å². The van der Waals surface area contributed by atoms with E-state index in [2.05, 4.69) is 20.9 Å². The molecule has 3 nitrogen and oxygen atoms in total. The van der Waals surface area contributed by atoms with Crippen LogP contribution in [0.3, 0.4) is 0 Å². The molecule has 3 rings (SSSR count). The Kier molecular flexibility index (Phi) is 2.96. The summed E-state index contributed by atoms with van der Waals surface area (Å²) in [5.74, 6) is 0.367. The van der Waals surface area contributed by atoms with Crippen LogP contribution in [0.2, 0.25) is 0 Å². The highest BCUT2D eigenvalue weighted by Crippen LogP contribution is 2.39. The summed E-state index contributed by atoms with van der Waals surface area (Å²) in [5, 5.41) is 9.27. The predicted molar refractivity (Wildman–Crippen MR) is 71.3 cm³/mol. The molecule has 0 unspecified atom stereocenters. The van der Waals surface area contributed by atoms with Gasteiger partial charge in [0.2, 0.25) is 0 Å². The lowest BCUT2D eigenvalue weighted by molar-refractivity contribution is 0.301. The van der Waals surface area contributed by atoms with Crippen LogP contribution in [0.1, 0.15) is 16.8 Å². The molecule has 0 saturated carbocycles. The first-order valence-corrected chi connectivity index (χ1v) is 6.75. The Morgan fingerprint density at radius 1 is 1.37 bits per heavy atom. The Bertz CT molecular complexity index is 709. The van der Waals surface area contributed by atoms with E-state index in [-0.39, 0.29) is 5.82 Å². The predicted octanol–water partition coefficient (Wildman–Crippen LogP) is 3.55. The molecule has 5 heteroatoms. The molecule has 0 fully saturated rings. The third-order valence-corrected chi connectivity index (χ3v) is 3.67. The summed E-state index contributed by atoms with van der Waals surface area (Å²) in [6.45, 7) is 0.368. The number of fused-ring (bicyclic) bond motifs is 3. The first kappa shape index (κ1) is 12.1. The lowest BCUT2D eigenvalue weighted by Crippen LogP contribution is -2.08. The molecule has 0 N–H and O–H groups in total. The first-order valence-electron chi connectivity index (χ1n) is 5.63. The van der Waals surface area contributed by atoms with Crippen molar-refractivity contribution in [2.75, 3.05) is 0 Å². The number of halogens is 2. The topological polar surface area (TPSA) is 45.9 Å². The number of nitriles is 1. The van der Waals surface area contributed by atoms with E-state index in [1.165, 1.54) is 6.07 Å². The molecule has 0 atom stereocenters. The van der Waals surface area contributed by atoms with Crippen LogP contribution >= 0.6 is 15.9 Å². The van der Waals surface area contributed by atoms with Gasteiger partial charge in [-0.25, -0.2) is 9.37 Å². The molecule has 2 heterocycles. The number of alkyl halides is 1. The zero-order valence-corrected chi connectivity index (χ0v) is 11.4. The Morgan fingerprint density at radius 3 is 2.95 bits per heavy atom. The van der Waals surface area contributed by atoms with E-state index in [4.69, 9.17) is 10.00 Å². The summed E-state index contributed by atoms with van der Waals surface area (Å²) in [6.07, 6.45) is 1.60. The molecular weight excluding hydrogens is 311 g/mol. The normalized spacial score (nSPS) is 12.1. The summed E-state index contributed by atoms with van der Waals surface area (Å²) in [5.41, 5.74) is 3.25. The van der Waals surface area contributed by atoms with Gasteiger partial charge in [0.1, 0.15) is 29.9 Å². The van der Waals surface area contributed by atoms with Crippen molar-refractivity contribution >= 4 is 15.9 Å². The second-order valence-electron chi connectivity index (χ2n) is 4.20. The molecule has 94 valence electrons. The molecule has 0 amide bonds. The van der Waals surface area contributed by atoms with Crippen LogP contribution in [0, 0.1) is 17.1 Å². The number of hydrogen-bond donors (Lipinski definition) is 0. The van der Waals surface area contributed by atoms with Crippen LogP contribution in [0.25, 0.3) is 11.1 Å². The third kappa shape index (κ3) is 1.98. The second-order valence-corrected chi connectivity index (χ2v) is 4.76. The number of hydrogen-bond acceptors (Lipinski definition) is 3. The molecule has 0 radical (unpaired) electrons. The van der Waals surface area contributed by atoms with Crippen molar-refractivity contribution in [3.63, 3.8) is 0 Å². The van der Waals surface area contributed by atoms with Gasteiger partial charge in [0, 0.05) is 33.8 Å². The molecule has 0 bridgehead atoms. The average molecular weight is 319 g/mol. The summed E-state index contributed by atoms with van der Waals surface area (Å²) < 4.78 is 19.5. The summed E-state index contributed by atoms with van der Waals surface area (Å²) >= 11 is 3.24. The molecule has 1 aliphatic heterocycles. The fourth-order valence-electron chi connectivity index (χ4n) is 2.10. The average Bonchev–Trinajstić information content (AvgIpc) is 2.45. The number of aromatic nitrogens is 1. The molecule has 0 spiro atoms. The smallest absolute Gasteiger partial charge is 0.140 e. The van der Waals surface area contributed by atoms with Crippen LogP contribution < -0.4 is 4.74 Å². The maximum Gasteiger partial charge on any atom is 0.140 e. The van der Waals surface area contributed by atoms with Crippen LogP contribution in [-0.2, 0) is 11.9 Å². The van der Waals surface area contributed by atoms with E-state index in [0.29, 0.717) is 34.5 Å². The van der Waals surface area contributed by atoms with E-state index < -0.39 is 0 Å². The molecule has 0 aliphatic carbocycles. The Hall–Kier alpha value is -1.93. The zero-order chi connectivity index (χ0) is 13.4. The quantitative estimate of drug-likeness (QED) is 0.755. The van der Waals surface area contributed by atoms with Gasteiger partial charge in [-0.3, -0.25) is 0 Å². The number of benzene rings is 1. The van der Waals surface area contributed by atoms with Crippen LogP contribution in [0.4, 0.5) is 4.39 Å². The van der Waals surface area contributed by atoms with Crippen molar-refractivity contribution in [1.29, 1.82) is 5.26 Å². The number of ether oxygens (including phenoxy) is 1. The van der Waals surface area contributed by atoms with Crippen molar-refractivity contribution in [1.82, 2.24) is 4.98 Å². The first-order chi connectivity index (χ1) is 9.22. The van der Waals surface area contributed by atoms with Gasteiger partial charge < -0.3 is 4.74 Å². The fourth-order valence-corrected chi connectivity index (χ4v) is 2.53. The SMILES string of the molecule is N#Cc1cc2c(cn1)-c1cc(F)c(CBr)cc1OC2. The minimum absolute atomic E-state index is 0.281. The molecular formula is C14H8BrFN2O. The van der Waals surface area contributed by atoms with E-state index in [1.54, 1.807) is 18.3 Å². The highest BCUT2D eigenvalue weighted by molar-refractivity contribution is 9.08. The fraction of sp³-hybridized carbons (Fsp3) is 0.143. The van der Waals surface area contributed by atoms with Gasteiger partial charge in [-0.2, -0.15) is 5.26 Å².